The molecule has 1 aromatic heterocycles. The van der Waals surface area contributed by atoms with Gasteiger partial charge in [-0.15, -0.1) is 0 Å². The molecule has 2 rings (SSSR count). The van der Waals surface area contributed by atoms with Gasteiger partial charge in [0.25, 0.3) is 0 Å². The maximum atomic E-state index is 6.13. The first-order valence-electron chi connectivity index (χ1n) is 5.97. The Morgan fingerprint density at radius 3 is 2.81 bits per heavy atom. The summed E-state index contributed by atoms with van der Waals surface area (Å²) in [7, 11) is 0. The largest absolute Gasteiger partial charge is 0.361 e. The number of H-pyrrole nitrogens is 1. The number of benzene rings is 1. The van der Waals surface area contributed by atoms with Gasteiger partial charge in [-0.3, -0.25) is 0 Å². The van der Waals surface area contributed by atoms with Crippen molar-refractivity contribution in [2.24, 2.45) is 5.73 Å². The highest BCUT2D eigenvalue weighted by molar-refractivity contribution is 5.87. The number of nitrogens with two attached hydrogens (primary N) is 1. The first kappa shape index (κ1) is 11.2. The lowest BCUT2D eigenvalue weighted by Crippen LogP contribution is -2.25. The van der Waals surface area contributed by atoms with Crippen molar-refractivity contribution < 1.29 is 0 Å². The molecule has 0 aliphatic heterocycles. The lowest BCUT2D eigenvalue weighted by Gasteiger charge is -2.18. The van der Waals surface area contributed by atoms with Gasteiger partial charge >= 0.3 is 0 Å². The number of rotatable bonds is 3. The summed E-state index contributed by atoms with van der Waals surface area (Å²) in [6, 6.07) is 6.60. The maximum absolute atomic E-state index is 6.13. The quantitative estimate of drug-likeness (QED) is 0.812. The van der Waals surface area contributed by atoms with E-state index in [1.807, 2.05) is 0 Å². The summed E-state index contributed by atoms with van der Waals surface area (Å²) in [4.78, 5) is 3.33. The molecule has 2 aromatic rings. The van der Waals surface area contributed by atoms with Gasteiger partial charge in [-0.1, -0.05) is 26.0 Å². The standard InChI is InChI=1S/C14H20N2/c1-4-12(15)10(3)11-8-16-13-7-5-6-9(2)14(11)13/h5-8,10,12,16H,4,15H2,1-3H3. The zero-order chi connectivity index (χ0) is 11.7. The van der Waals surface area contributed by atoms with Crippen LogP contribution >= 0.6 is 0 Å². The normalized spacial score (nSPS) is 15.2. The van der Waals surface area contributed by atoms with Crippen molar-refractivity contribution in [3.8, 4) is 0 Å². The zero-order valence-electron chi connectivity index (χ0n) is 10.2. The van der Waals surface area contributed by atoms with Crippen molar-refractivity contribution >= 4 is 10.9 Å². The smallest absolute Gasteiger partial charge is 0.0459 e. The topological polar surface area (TPSA) is 41.8 Å². The van der Waals surface area contributed by atoms with Crippen molar-refractivity contribution in [1.29, 1.82) is 0 Å². The summed E-state index contributed by atoms with van der Waals surface area (Å²) in [5.41, 5.74) is 10.0. The van der Waals surface area contributed by atoms with Crippen molar-refractivity contribution in [2.75, 3.05) is 0 Å². The van der Waals surface area contributed by atoms with Crippen molar-refractivity contribution in [1.82, 2.24) is 4.98 Å². The lowest BCUT2D eigenvalue weighted by molar-refractivity contribution is 0.554. The SMILES string of the molecule is CCC(N)C(C)c1c[nH]c2cccc(C)c12. The fraction of sp³-hybridized carbons (Fsp3) is 0.429. The van der Waals surface area contributed by atoms with Crippen LogP contribution in [0.15, 0.2) is 24.4 Å². The second-order valence-electron chi connectivity index (χ2n) is 4.60. The molecule has 0 spiro atoms. The first-order valence-corrected chi connectivity index (χ1v) is 5.97. The molecule has 0 aliphatic rings. The number of hydrogen-bond donors (Lipinski definition) is 2. The average Bonchev–Trinajstić information content (AvgIpc) is 2.72. The number of aromatic nitrogens is 1. The first-order chi connectivity index (χ1) is 7.65. The van der Waals surface area contributed by atoms with Gasteiger partial charge in [0, 0.05) is 23.1 Å². The van der Waals surface area contributed by atoms with E-state index in [0.717, 1.165) is 6.42 Å². The number of aromatic amines is 1. The van der Waals surface area contributed by atoms with E-state index < -0.39 is 0 Å². The van der Waals surface area contributed by atoms with Gasteiger partial charge in [-0.25, -0.2) is 0 Å². The second kappa shape index (κ2) is 4.30. The molecule has 2 nitrogen and oxygen atoms in total. The van der Waals surface area contributed by atoms with Crippen LogP contribution in [0.4, 0.5) is 0 Å². The molecule has 0 saturated carbocycles. The molecule has 0 fully saturated rings. The predicted molar refractivity (Wildman–Crippen MR) is 69.7 cm³/mol. The molecular formula is C14H20N2. The van der Waals surface area contributed by atoms with Gasteiger partial charge in [0.2, 0.25) is 0 Å². The van der Waals surface area contributed by atoms with Gasteiger partial charge in [0.05, 0.1) is 0 Å². The minimum atomic E-state index is 0.235. The highest BCUT2D eigenvalue weighted by atomic mass is 14.7. The molecule has 0 amide bonds. The summed E-state index contributed by atoms with van der Waals surface area (Å²) in [6.45, 7) is 6.51. The molecule has 0 aliphatic carbocycles. The summed E-state index contributed by atoms with van der Waals surface area (Å²) in [5.74, 6) is 0.403. The molecule has 16 heavy (non-hydrogen) atoms. The highest BCUT2D eigenvalue weighted by Gasteiger charge is 2.17. The van der Waals surface area contributed by atoms with Crippen LogP contribution in [0.3, 0.4) is 0 Å². The summed E-state index contributed by atoms with van der Waals surface area (Å²) >= 11 is 0. The summed E-state index contributed by atoms with van der Waals surface area (Å²) < 4.78 is 0. The van der Waals surface area contributed by atoms with Gasteiger partial charge in [-0.05, 0) is 36.5 Å². The van der Waals surface area contributed by atoms with Crippen LogP contribution in [0.5, 0.6) is 0 Å². The van der Waals surface area contributed by atoms with Crippen LogP contribution in [0, 0.1) is 6.92 Å². The highest BCUT2D eigenvalue weighted by Crippen LogP contribution is 2.30. The molecule has 2 atom stereocenters. The Labute approximate surface area is 96.9 Å². The molecule has 1 heterocycles. The van der Waals surface area contributed by atoms with Gasteiger partial charge in [0.1, 0.15) is 0 Å². The number of nitrogens with one attached hydrogen (secondary N) is 1. The van der Waals surface area contributed by atoms with Gasteiger partial charge < -0.3 is 10.7 Å². The Hall–Kier alpha value is -1.28. The van der Waals surface area contributed by atoms with Crippen LogP contribution in [-0.4, -0.2) is 11.0 Å². The van der Waals surface area contributed by atoms with E-state index in [1.54, 1.807) is 0 Å². The number of fused-ring (bicyclic) bond motifs is 1. The van der Waals surface area contributed by atoms with E-state index >= 15 is 0 Å². The van der Waals surface area contributed by atoms with Crippen molar-refractivity contribution in [3.05, 3.63) is 35.5 Å². The van der Waals surface area contributed by atoms with E-state index in [4.69, 9.17) is 5.73 Å². The monoisotopic (exact) mass is 216 g/mol. The van der Waals surface area contributed by atoms with E-state index in [9.17, 15) is 0 Å². The fourth-order valence-corrected chi connectivity index (χ4v) is 2.34. The number of hydrogen-bond acceptors (Lipinski definition) is 1. The fourth-order valence-electron chi connectivity index (χ4n) is 2.34. The Balaban J connectivity index is 2.53. The Kier molecular flexibility index (Phi) is 3.01. The van der Waals surface area contributed by atoms with Crippen molar-refractivity contribution in [3.63, 3.8) is 0 Å². The molecule has 2 unspecified atom stereocenters. The Morgan fingerprint density at radius 2 is 2.12 bits per heavy atom. The van der Waals surface area contributed by atoms with Crippen LogP contribution in [0.1, 0.15) is 37.3 Å². The summed E-state index contributed by atoms with van der Waals surface area (Å²) in [5, 5.41) is 1.35. The van der Waals surface area contributed by atoms with E-state index in [0.29, 0.717) is 5.92 Å². The second-order valence-corrected chi connectivity index (χ2v) is 4.60. The molecule has 2 heteroatoms. The van der Waals surface area contributed by atoms with Crippen LogP contribution < -0.4 is 5.73 Å². The van der Waals surface area contributed by atoms with E-state index in [2.05, 4.69) is 50.2 Å². The third-order valence-electron chi connectivity index (χ3n) is 3.55. The number of aryl methyl sites for hydroxylation is 1. The zero-order valence-corrected chi connectivity index (χ0v) is 10.2. The van der Waals surface area contributed by atoms with Gasteiger partial charge in [0.15, 0.2) is 0 Å². The third kappa shape index (κ3) is 1.74. The molecule has 0 saturated heterocycles. The summed E-state index contributed by atoms with van der Waals surface area (Å²) in [6.07, 6.45) is 3.12. The molecule has 0 radical (unpaired) electrons. The predicted octanol–water partition coefficient (Wildman–Crippen LogP) is 3.32. The molecule has 86 valence electrons. The average molecular weight is 216 g/mol. The van der Waals surface area contributed by atoms with Crippen LogP contribution in [-0.2, 0) is 0 Å². The Morgan fingerprint density at radius 1 is 1.38 bits per heavy atom. The molecule has 0 bridgehead atoms. The maximum Gasteiger partial charge on any atom is 0.0459 e. The molecule has 3 N–H and O–H groups in total. The van der Waals surface area contributed by atoms with Crippen molar-refractivity contribution in [2.45, 2.75) is 39.2 Å². The molecule has 1 aromatic carbocycles. The lowest BCUT2D eigenvalue weighted by atomic mass is 9.91. The minimum Gasteiger partial charge on any atom is -0.361 e. The third-order valence-corrected chi connectivity index (χ3v) is 3.55. The molecular weight excluding hydrogens is 196 g/mol. The van der Waals surface area contributed by atoms with Gasteiger partial charge in [-0.2, -0.15) is 0 Å². The van der Waals surface area contributed by atoms with E-state index in [1.165, 1.54) is 22.0 Å². The van der Waals surface area contributed by atoms with Crippen LogP contribution in [0.25, 0.3) is 10.9 Å². The minimum absolute atomic E-state index is 0.235. The Bertz CT molecular complexity index is 484. The van der Waals surface area contributed by atoms with E-state index in [-0.39, 0.29) is 6.04 Å². The van der Waals surface area contributed by atoms with Crippen LogP contribution in [0.2, 0.25) is 0 Å².